The first-order chi connectivity index (χ1) is 15.0. The minimum atomic E-state index is -1.39. The summed E-state index contributed by atoms with van der Waals surface area (Å²) in [4.78, 5) is 39.7. The molecule has 0 radical (unpaired) electrons. The van der Waals surface area contributed by atoms with Crippen molar-refractivity contribution in [1.29, 1.82) is 0 Å². The van der Waals surface area contributed by atoms with Crippen LogP contribution in [0.2, 0.25) is 10.0 Å². The van der Waals surface area contributed by atoms with Crippen molar-refractivity contribution in [3.8, 4) is 0 Å². The number of nitrogens with one attached hydrogen (secondary N) is 2. The average molecular weight is 476 g/mol. The Morgan fingerprint density at radius 2 is 1.66 bits per heavy atom. The summed E-state index contributed by atoms with van der Waals surface area (Å²) < 4.78 is 0. The van der Waals surface area contributed by atoms with E-state index in [-0.39, 0.29) is 16.9 Å². The number of urea groups is 1. The van der Waals surface area contributed by atoms with E-state index in [9.17, 15) is 14.4 Å². The second-order valence-corrected chi connectivity index (χ2v) is 9.58. The van der Waals surface area contributed by atoms with Crippen molar-refractivity contribution in [2.24, 2.45) is 0 Å². The molecule has 1 unspecified atom stereocenters. The third-order valence-corrected chi connectivity index (χ3v) is 6.23. The first-order valence-electron chi connectivity index (χ1n) is 10.5. The number of hydrogen-bond acceptors (Lipinski definition) is 3. The molecule has 2 aromatic rings. The lowest BCUT2D eigenvalue weighted by molar-refractivity contribution is -0.133. The van der Waals surface area contributed by atoms with Gasteiger partial charge in [-0.05, 0) is 42.0 Å². The number of amides is 4. The fraction of sp³-hybridized carbons (Fsp3) is 0.375. The van der Waals surface area contributed by atoms with Crippen LogP contribution in [0.15, 0.2) is 36.4 Å². The number of halogens is 2. The van der Waals surface area contributed by atoms with Crippen molar-refractivity contribution >= 4 is 46.7 Å². The van der Waals surface area contributed by atoms with Gasteiger partial charge in [0.1, 0.15) is 12.1 Å². The average Bonchev–Trinajstić information content (AvgIpc) is 2.91. The molecule has 1 heterocycles. The maximum Gasteiger partial charge on any atom is 0.325 e. The topological polar surface area (TPSA) is 78.5 Å². The highest BCUT2D eigenvalue weighted by Crippen LogP contribution is 2.35. The van der Waals surface area contributed by atoms with Crippen molar-refractivity contribution < 1.29 is 14.4 Å². The lowest BCUT2D eigenvalue weighted by atomic mass is 9.92. The molecular weight excluding hydrogens is 449 g/mol. The third-order valence-electron chi connectivity index (χ3n) is 5.68. The van der Waals surface area contributed by atoms with Gasteiger partial charge in [0.05, 0.1) is 0 Å². The van der Waals surface area contributed by atoms with Crippen molar-refractivity contribution in [2.75, 3.05) is 11.9 Å². The van der Waals surface area contributed by atoms with Gasteiger partial charge in [-0.1, -0.05) is 75.2 Å². The number of benzene rings is 2. The van der Waals surface area contributed by atoms with Crippen LogP contribution in [0.4, 0.5) is 10.5 Å². The standard InChI is InChI=1S/C24H27Cl2N3O3/c1-13(2)16-7-6-8-17(14(3)4)21(16)27-20(30)12-29-22(31)24(5,28-23(29)32)18-10-9-15(25)11-19(18)26/h6-11,13-14H,12H2,1-5H3,(H,27,30)(H,28,32). The number of carbonyl (C=O) groups is 3. The number of para-hydroxylation sites is 1. The van der Waals surface area contributed by atoms with Crippen LogP contribution in [0.3, 0.4) is 0 Å². The smallest absolute Gasteiger partial charge is 0.324 e. The molecule has 0 bridgehead atoms. The van der Waals surface area contributed by atoms with Crippen LogP contribution in [0, 0.1) is 0 Å². The molecule has 0 aliphatic carbocycles. The molecule has 2 aromatic carbocycles. The van der Waals surface area contributed by atoms with Crippen LogP contribution in [-0.4, -0.2) is 29.3 Å². The van der Waals surface area contributed by atoms with Crippen LogP contribution in [0.5, 0.6) is 0 Å². The summed E-state index contributed by atoms with van der Waals surface area (Å²) in [6, 6.07) is 9.96. The molecule has 0 saturated carbocycles. The minimum absolute atomic E-state index is 0.191. The normalized spacial score (nSPS) is 18.5. The molecule has 1 saturated heterocycles. The molecule has 1 fully saturated rings. The number of hydrogen-bond donors (Lipinski definition) is 2. The van der Waals surface area contributed by atoms with Crippen molar-refractivity contribution in [2.45, 2.75) is 52.0 Å². The summed E-state index contributed by atoms with van der Waals surface area (Å²) in [5, 5.41) is 6.28. The van der Waals surface area contributed by atoms with Gasteiger partial charge in [0.2, 0.25) is 5.91 Å². The summed E-state index contributed by atoms with van der Waals surface area (Å²) >= 11 is 12.2. The van der Waals surface area contributed by atoms with Crippen LogP contribution < -0.4 is 10.6 Å². The number of nitrogens with zero attached hydrogens (tertiary/aromatic N) is 1. The Bertz CT molecular complexity index is 1060. The highest BCUT2D eigenvalue weighted by atomic mass is 35.5. The zero-order valence-corrected chi connectivity index (χ0v) is 20.3. The maximum absolute atomic E-state index is 13.2. The Morgan fingerprint density at radius 1 is 1.06 bits per heavy atom. The molecule has 1 atom stereocenters. The van der Waals surface area contributed by atoms with E-state index in [0.29, 0.717) is 10.6 Å². The first kappa shape index (κ1) is 24.1. The molecule has 0 aromatic heterocycles. The number of anilines is 1. The van der Waals surface area contributed by atoms with Gasteiger partial charge in [-0.15, -0.1) is 0 Å². The Morgan fingerprint density at radius 3 is 2.19 bits per heavy atom. The molecule has 6 nitrogen and oxygen atoms in total. The molecule has 1 aliphatic rings. The third kappa shape index (κ3) is 4.48. The fourth-order valence-electron chi connectivity index (χ4n) is 3.94. The van der Waals surface area contributed by atoms with Crippen molar-refractivity contribution in [1.82, 2.24) is 10.2 Å². The largest absolute Gasteiger partial charge is 0.325 e. The lowest BCUT2D eigenvalue weighted by Gasteiger charge is -2.24. The highest BCUT2D eigenvalue weighted by molar-refractivity contribution is 6.35. The number of imide groups is 1. The van der Waals surface area contributed by atoms with Gasteiger partial charge in [0.15, 0.2) is 0 Å². The second-order valence-electron chi connectivity index (χ2n) is 8.74. The molecule has 3 rings (SSSR count). The van der Waals surface area contributed by atoms with Crippen LogP contribution in [-0.2, 0) is 15.1 Å². The highest BCUT2D eigenvalue weighted by Gasteiger charge is 2.50. The summed E-state index contributed by atoms with van der Waals surface area (Å²) in [6.45, 7) is 9.35. The molecular formula is C24H27Cl2N3O3. The zero-order valence-electron chi connectivity index (χ0n) is 18.8. The van der Waals surface area contributed by atoms with Gasteiger partial charge >= 0.3 is 6.03 Å². The van der Waals surface area contributed by atoms with Crippen molar-refractivity contribution in [3.05, 3.63) is 63.1 Å². The summed E-state index contributed by atoms with van der Waals surface area (Å²) in [5.41, 5.74) is 1.76. The number of carbonyl (C=O) groups excluding carboxylic acids is 3. The molecule has 4 amide bonds. The van der Waals surface area contributed by atoms with Crippen molar-refractivity contribution in [3.63, 3.8) is 0 Å². The Labute approximate surface area is 198 Å². The lowest BCUT2D eigenvalue weighted by Crippen LogP contribution is -2.42. The van der Waals surface area contributed by atoms with Gasteiger partial charge in [-0.25, -0.2) is 4.79 Å². The SMILES string of the molecule is CC(C)c1cccc(C(C)C)c1NC(=O)CN1C(=O)NC(C)(c2ccc(Cl)cc2Cl)C1=O. The molecule has 8 heteroatoms. The van der Waals surface area contributed by atoms with Crippen LogP contribution in [0.1, 0.15) is 63.1 Å². The summed E-state index contributed by atoms with van der Waals surface area (Å²) in [7, 11) is 0. The maximum atomic E-state index is 13.2. The van der Waals surface area contributed by atoms with E-state index < -0.39 is 29.9 Å². The van der Waals surface area contributed by atoms with Crippen LogP contribution >= 0.6 is 23.2 Å². The monoisotopic (exact) mass is 475 g/mol. The fourth-order valence-corrected chi connectivity index (χ4v) is 4.53. The predicted molar refractivity (Wildman–Crippen MR) is 127 cm³/mol. The van der Waals surface area contributed by atoms with E-state index in [0.717, 1.165) is 21.7 Å². The zero-order chi connectivity index (χ0) is 23.8. The Kier molecular flexibility index (Phi) is 6.86. The molecule has 0 spiro atoms. The Balaban J connectivity index is 1.85. The molecule has 2 N–H and O–H groups in total. The van der Waals surface area contributed by atoms with E-state index >= 15 is 0 Å². The van der Waals surface area contributed by atoms with E-state index in [1.54, 1.807) is 19.1 Å². The van der Waals surface area contributed by atoms with Gasteiger partial charge < -0.3 is 10.6 Å². The quantitative estimate of drug-likeness (QED) is 0.530. The van der Waals surface area contributed by atoms with Gasteiger partial charge in [-0.2, -0.15) is 0 Å². The molecule has 1 aliphatic heterocycles. The van der Waals surface area contributed by atoms with Gasteiger partial charge in [0, 0.05) is 21.3 Å². The van der Waals surface area contributed by atoms with Gasteiger partial charge in [-0.3, -0.25) is 14.5 Å². The van der Waals surface area contributed by atoms with E-state index in [2.05, 4.69) is 10.6 Å². The number of rotatable bonds is 6. The summed E-state index contributed by atoms with van der Waals surface area (Å²) in [6.07, 6.45) is 0. The second kappa shape index (κ2) is 9.12. The van der Waals surface area contributed by atoms with Crippen LogP contribution in [0.25, 0.3) is 0 Å². The minimum Gasteiger partial charge on any atom is -0.324 e. The predicted octanol–water partition coefficient (Wildman–Crippen LogP) is 5.65. The van der Waals surface area contributed by atoms with Gasteiger partial charge in [0.25, 0.3) is 5.91 Å². The van der Waals surface area contributed by atoms with E-state index in [1.807, 2.05) is 45.9 Å². The molecule has 170 valence electrons. The first-order valence-corrected chi connectivity index (χ1v) is 11.2. The molecule has 32 heavy (non-hydrogen) atoms. The van der Waals surface area contributed by atoms with E-state index in [4.69, 9.17) is 23.2 Å². The summed E-state index contributed by atoms with van der Waals surface area (Å²) in [5.74, 6) is -0.620. The van der Waals surface area contributed by atoms with E-state index in [1.165, 1.54) is 6.07 Å². The Hall–Kier alpha value is -2.57.